The fourth-order valence-corrected chi connectivity index (χ4v) is 4.12. The zero-order valence-electron chi connectivity index (χ0n) is 19.0. The number of carbonyl (C=O) groups is 1. The van der Waals surface area contributed by atoms with E-state index in [9.17, 15) is 4.79 Å². The molecule has 0 saturated heterocycles. The molecule has 4 aromatic rings. The highest BCUT2D eigenvalue weighted by Crippen LogP contribution is 2.40. The summed E-state index contributed by atoms with van der Waals surface area (Å²) in [7, 11) is 0. The Kier molecular flexibility index (Phi) is 5.91. The molecule has 0 amide bonds. The van der Waals surface area contributed by atoms with E-state index in [2.05, 4.69) is 9.55 Å². The van der Waals surface area contributed by atoms with Crippen LogP contribution in [0.1, 0.15) is 13.3 Å². The lowest BCUT2D eigenvalue weighted by molar-refractivity contribution is -0.134. The molecule has 0 aliphatic carbocycles. The smallest absolute Gasteiger partial charge is 0.300 e. The van der Waals surface area contributed by atoms with Crippen LogP contribution in [0.3, 0.4) is 0 Å². The highest BCUT2D eigenvalue weighted by Gasteiger charge is 2.22. The van der Waals surface area contributed by atoms with E-state index in [0.29, 0.717) is 59.5 Å². The van der Waals surface area contributed by atoms with Gasteiger partial charge in [0.15, 0.2) is 23.0 Å². The maximum absolute atomic E-state index is 13.0. The van der Waals surface area contributed by atoms with E-state index in [1.807, 2.05) is 18.3 Å². The third-order valence-corrected chi connectivity index (χ3v) is 5.59. The van der Waals surface area contributed by atoms with E-state index in [-0.39, 0.29) is 12.4 Å². The van der Waals surface area contributed by atoms with Gasteiger partial charge in [-0.1, -0.05) is 0 Å². The number of aliphatic carboxylic acids is 1. The number of aromatic nitrogens is 3. The number of ether oxygens (including phenoxy) is 4. The van der Waals surface area contributed by atoms with Crippen molar-refractivity contribution < 1.29 is 28.8 Å². The number of fused-ring (bicyclic) bond motifs is 4. The Labute approximate surface area is 199 Å². The van der Waals surface area contributed by atoms with Crippen LogP contribution in [0.25, 0.3) is 33.2 Å². The number of nitrogens with two attached hydrogens (primary N) is 1. The Hall–Kier alpha value is -4.25. The summed E-state index contributed by atoms with van der Waals surface area (Å²) in [6, 6.07) is 7.39. The van der Waals surface area contributed by atoms with Crippen molar-refractivity contribution in [3.05, 3.63) is 40.8 Å². The molecule has 11 nitrogen and oxygen atoms in total. The summed E-state index contributed by atoms with van der Waals surface area (Å²) < 4.78 is 24.5. The maximum atomic E-state index is 13.0. The normalized spacial score (nSPS) is 13.5. The molecule has 0 spiro atoms. The van der Waals surface area contributed by atoms with Gasteiger partial charge < -0.3 is 39.3 Å². The van der Waals surface area contributed by atoms with Gasteiger partial charge in [-0.05, 0) is 19.0 Å². The highest BCUT2D eigenvalue weighted by atomic mass is 16.7. The molecule has 0 bridgehead atoms. The number of rotatable bonds is 4. The summed E-state index contributed by atoms with van der Waals surface area (Å²) >= 11 is 0. The number of aromatic amines is 1. The van der Waals surface area contributed by atoms with E-state index in [4.69, 9.17) is 39.6 Å². The predicted octanol–water partition coefficient (Wildman–Crippen LogP) is 2.48. The second kappa shape index (κ2) is 9.18. The molecule has 2 aliphatic heterocycles. The first-order chi connectivity index (χ1) is 16.9. The molecule has 2 aromatic carbocycles. The third-order valence-electron chi connectivity index (χ3n) is 5.59. The van der Waals surface area contributed by atoms with Crippen molar-refractivity contribution in [3.63, 3.8) is 0 Å². The van der Waals surface area contributed by atoms with Crippen LogP contribution < -0.4 is 30.2 Å². The van der Waals surface area contributed by atoms with Gasteiger partial charge in [0.2, 0.25) is 6.79 Å². The predicted molar refractivity (Wildman–Crippen MR) is 127 cm³/mol. The van der Waals surface area contributed by atoms with Crippen LogP contribution in [0, 0.1) is 0 Å². The Morgan fingerprint density at radius 2 is 1.74 bits per heavy atom. The number of hydrogen-bond donors (Lipinski definition) is 3. The summed E-state index contributed by atoms with van der Waals surface area (Å²) in [5, 5.41) is 8.29. The number of benzene rings is 2. The van der Waals surface area contributed by atoms with Crippen LogP contribution in [-0.4, -0.2) is 52.2 Å². The van der Waals surface area contributed by atoms with E-state index in [0.717, 1.165) is 36.4 Å². The number of nitrogens with one attached hydrogen (secondary N) is 1. The van der Waals surface area contributed by atoms with Crippen LogP contribution in [-0.2, 0) is 11.3 Å². The van der Waals surface area contributed by atoms with Gasteiger partial charge in [0.1, 0.15) is 18.9 Å². The van der Waals surface area contributed by atoms with Crippen LogP contribution in [0.4, 0.5) is 0 Å². The van der Waals surface area contributed by atoms with Gasteiger partial charge in [-0.25, -0.2) is 4.98 Å². The van der Waals surface area contributed by atoms with Crippen LogP contribution in [0.15, 0.2) is 35.3 Å². The number of carboxylic acids is 1. The summed E-state index contributed by atoms with van der Waals surface area (Å²) in [6.45, 7) is 3.52. The molecule has 2 aromatic heterocycles. The van der Waals surface area contributed by atoms with Crippen molar-refractivity contribution in [2.75, 3.05) is 26.6 Å². The number of H-pyrrole nitrogens is 1. The van der Waals surface area contributed by atoms with Gasteiger partial charge >= 0.3 is 0 Å². The molecule has 4 N–H and O–H groups in total. The molecule has 4 heterocycles. The zero-order valence-corrected chi connectivity index (χ0v) is 19.0. The van der Waals surface area contributed by atoms with Crippen LogP contribution in [0.5, 0.6) is 23.0 Å². The third kappa shape index (κ3) is 4.33. The molecule has 2 aliphatic rings. The van der Waals surface area contributed by atoms with Gasteiger partial charge in [-0.3, -0.25) is 9.59 Å². The van der Waals surface area contributed by atoms with E-state index in [1.54, 1.807) is 12.1 Å². The molecular formula is C24H24N4O7. The quantitative estimate of drug-likeness (QED) is 0.400. The number of hydrogen-bond acceptors (Lipinski definition) is 8. The number of aryl methyl sites for hydroxylation is 1. The van der Waals surface area contributed by atoms with Crippen molar-refractivity contribution in [3.8, 4) is 34.3 Å². The minimum atomic E-state index is -0.833. The van der Waals surface area contributed by atoms with Gasteiger partial charge in [0.05, 0.1) is 16.6 Å². The summed E-state index contributed by atoms with van der Waals surface area (Å²) in [5.74, 6) is 1.74. The Morgan fingerprint density at radius 3 is 2.46 bits per heavy atom. The lowest BCUT2D eigenvalue weighted by Crippen LogP contribution is -2.16. The minimum absolute atomic E-state index is 0.183. The van der Waals surface area contributed by atoms with Gasteiger partial charge in [0.25, 0.3) is 11.5 Å². The van der Waals surface area contributed by atoms with Crippen molar-refractivity contribution >= 4 is 27.9 Å². The monoisotopic (exact) mass is 480 g/mol. The first-order valence-electron chi connectivity index (χ1n) is 11.1. The van der Waals surface area contributed by atoms with Gasteiger partial charge in [-0.2, -0.15) is 0 Å². The lowest BCUT2D eigenvalue weighted by atomic mass is 10.1. The van der Waals surface area contributed by atoms with Crippen LogP contribution in [0.2, 0.25) is 0 Å². The molecular weight excluding hydrogens is 456 g/mol. The van der Waals surface area contributed by atoms with E-state index < -0.39 is 5.97 Å². The van der Waals surface area contributed by atoms with Crippen LogP contribution >= 0.6 is 0 Å². The second-order valence-electron chi connectivity index (χ2n) is 8.05. The Morgan fingerprint density at radius 1 is 1.09 bits per heavy atom. The summed E-state index contributed by atoms with van der Waals surface area (Å²) in [4.78, 5) is 29.7. The average molecular weight is 480 g/mol. The standard InChI is InChI=1S/C22H20N4O5.C2H4O2/c23-2-1-3-26-10-13(12-6-17-20(9-16(12)26)31-11-30-17)21-22(27)25-15-8-19-18(7-14(15)24-21)28-4-5-29-19;1-2(3)4/h6-10H,1-5,11,23H2,(H,25,27);1H3,(H,3,4). The molecule has 0 radical (unpaired) electrons. The molecule has 6 rings (SSSR count). The largest absolute Gasteiger partial charge is 0.486 e. The second-order valence-corrected chi connectivity index (χ2v) is 8.05. The van der Waals surface area contributed by atoms with Crippen molar-refractivity contribution in [1.82, 2.24) is 14.5 Å². The summed E-state index contributed by atoms with van der Waals surface area (Å²) in [6.07, 6.45) is 2.75. The molecule has 35 heavy (non-hydrogen) atoms. The van der Waals surface area contributed by atoms with Crippen molar-refractivity contribution in [2.45, 2.75) is 19.9 Å². The first-order valence-corrected chi connectivity index (χ1v) is 11.1. The molecule has 0 atom stereocenters. The van der Waals surface area contributed by atoms with Crippen molar-refractivity contribution in [1.29, 1.82) is 0 Å². The van der Waals surface area contributed by atoms with Gasteiger partial charge in [0, 0.05) is 48.8 Å². The van der Waals surface area contributed by atoms with Gasteiger partial charge in [-0.15, -0.1) is 0 Å². The summed E-state index contributed by atoms with van der Waals surface area (Å²) in [5.41, 5.74) is 8.67. The Balaban J connectivity index is 0.000000591. The highest BCUT2D eigenvalue weighted by molar-refractivity contribution is 5.98. The molecule has 0 fully saturated rings. The molecule has 0 unspecified atom stereocenters. The average Bonchev–Trinajstić information content (AvgIpc) is 3.43. The first kappa shape index (κ1) is 22.5. The fourth-order valence-electron chi connectivity index (χ4n) is 4.12. The number of carboxylic acid groups (broad SMARTS) is 1. The van der Waals surface area contributed by atoms with Crippen molar-refractivity contribution in [2.24, 2.45) is 5.73 Å². The van der Waals surface area contributed by atoms with E-state index in [1.165, 1.54) is 0 Å². The number of nitrogens with zero attached hydrogens (tertiary/aromatic N) is 2. The zero-order chi connectivity index (χ0) is 24.5. The fraction of sp³-hybridized carbons (Fsp3) is 0.292. The topological polar surface area (TPSA) is 151 Å². The molecule has 182 valence electrons. The van der Waals surface area contributed by atoms with E-state index >= 15 is 0 Å². The maximum Gasteiger partial charge on any atom is 0.300 e. The SMILES string of the molecule is CC(=O)O.NCCCn1cc(-c2nc3cc4c(cc3[nH]c2=O)OCCO4)c2cc3c(cc21)OCO3. The molecule has 0 saturated carbocycles. The lowest BCUT2D eigenvalue weighted by Gasteiger charge is -2.18. The Bertz CT molecular complexity index is 1490. The minimum Gasteiger partial charge on any atom is -0.486 e. The molecule has 11 heteroatoms.